The molecule has 0 spiro atoms. The normalized spacial score (nSPS) is 11.1. The van der Waals surface area contributed by atoms with Crippen LogP contribution in [-0.4, -0.2) is 38.0 Å². The molecule has 0 bridgehead atoms. The third kappa shape index (κ3) is 3.31. The Hall–Kier alpha value is -1.70. The highest BCUT2D eigenvalue weighted by atomic mass is 79.9. The molecule has 0 amide bonds. The Kier molecular flexibility index (Phi) is 4.79. The predicted molar refractivity (Wildman–Crippen MR) is 93.6 cm³/mol. The summed E-state index contributed by atoms with van der Waals surface area (Å²) in [6.07, 6.45) is 1.51. The van der Waals surface area contributed by atoms with E-state index >= 15 is 0 Å². The maximum absolute atomic E-state index is 9.43. The lowest BCUT2D eigenvalue weighted by Crippen LogP contribution is -2.27. The molecular formula is C15H15BrClN5O. The molecule has 0 aliphatic carbocycles. The first-order valence-electron chi connectivity index (χ1n) is 7.03. The molecule has 23 heavy (non-hydrogen) atoms. The summed E-state index contributed by atoms with van der Waals surface area (Å²) in [4.78, 5) is 10.7. The molecule has 0 atom stereocenters. The molecule has 6 nitrogen and oxygen atoms in total. The Labute approximate surface area is 146 Å². The molecule has 0 fully saturated rings. The van der Waals surface area contributed by atoms with Crippen molar-refractivity contribution in [3.8, 4) is 0 Å². The van der Waals surface area contributed by atoms with Crippen LogP contribution in [0.15, 0.2) is 35.2 Å². The Morgan fingerprint density at radius 1 is 1.35 bits per heavy atom. The number of hydrogen-bond acceptors (Lipinski definition) is 5. The van der Waals surface area contributed by atoms with E-state index in [-0.39, 0.29) is 6.61 Å². The van der Waals surface area contributed by atoms with Crippen molar-refractivity contribution < 1.29 is 5.11 Å². The highest BCUT2D eigenvalue weighted by molar-refractivity contribution is 9.10. The molecule has 0 saturated heterocycles. The molecule has 0 unspecified atom stereocenters. The van der Waals surface area contributed by atoms with Crippen molar-refractivity contribution in [3.05, 3.63) is 45.8 Å². The summed E-state index contributed by atoms with van der Waals surface area (Å²) in [6.45, 7) is 1.04. The lowest BCUT2D eigenvalue weighted by molar-refractivity contribution is 0.301. The average molecular weight is 397 g/mol. The first kappa shape index (κ1) is 16.2. The van der Waals surface area contributed by atoms with Gasteiger partial charge < -0.3 is 10.0 Å². The van der Waals surface area contributed by atoms with E-state index in [1.165, 1.54) is 6.33 Å². The van der Waals surface area contributed by atoms with Crippen LogP contribution in [0, 0.1) is 0 Å². The van der Waals surface area contributed by atoms with Crippen LogP contribution in [0.4, 0.5) is 5.82 Å². The molecule has 8 heteroatoms. The van der Waals surface area contributed by atoms with Crippen LogP contribution in [0.25, 0.3) is 11.0 Å². The van der Waals surface area contributed by atoms with Gasteiger partial charge >= 0.3 is 0 Å². The number of aliphatic hydroxyl groups excluding tert-OH is 1. The van der Waals surface area contributed by atoms with Gasteiger partial charge in [-0.05, 0) is 33.6 Å². The number of fused-ring (bicyclic) bond motifs is 1. The number of nitrogens with zero attached hydrogens (tertiary/aromatic N) is 5. The second kappa shape index (κ2) is 6.82. The van der Waals surface area contributed by atoms with Crippen molar-refractivity contribution in [2.24, 2.45) is 7.05 Å². The largest absolute Gasteiger partial charge is 0.395 e. The van der Waals surface area contributed by atoms with Crippen molar-refractivity contribution in [1.82, 2.24) is 19.7 Å². The second-order valence-corrected chi connectivity index (χ2v) is 6.27. The van der Waals surface area contributed by atoms with E-state index in [0.717, 1.165) is 22.4 Å². The summed E-state index contributed by atoms with van der Waals surface area (Å²) in [5.41, 5.74) is 1.77. The van der Waals surface area contributed by atoms with Crippen molar-refractivity contribution in [2.45, 2.75) is 6.54 Å². The zero-order valence-electron chi connectivity index (χ0n) is 12.4. The lowest BCUT2D eigenvalue weighted by atomic mass is 10.2. The molecule has 1 aromatic carbocycles. The fourth-order valence-electron chi connectivity index (χ4n) is 2.50. The lowest BCUT2D eigenvalue weighted by Gasteiger charge is -2.23. The number of hydrogen-bond donors (Lipinski definition) is 1. The quantitative estimate of drug-likeness (QED) is 0.718. The van der Waals surface area contributed by atoms with Crippen molar-refractivity contribution in [2.75, 3.05) is 18.1 Å². The predicted octanol–water partition coefficient (Wildman–Crippen LogP) is 2.78. The van der Waals surface area contributed by atoms with Gasteiger partial charge in [0.25, 0.3) is 0 Å². The SMILES string of the molecule is Cn1nc(Br)c2c(N(CCO)Cc3cccc(Cl)c3)ncnc21. The van der Waals surface area contributed by atoms with E-state index in [0.29, 0.717) is 22.7 Å². The van der Waals surface area contributed by atoms with Crippen molar-refractivity contribution in [1.29, 1.82) is 0 Å². The number of halogens is 2. The third-order valence-corrected chi connectivity index (χ3v) is 4.28. The molecule has 3 rings (SSSR count). The summed E-state index contributed by atoms with van der Waals surface area (Å²) in [7, 11) is 1.83. The highest BCUT2D eigenvalue weighted by Crippen LogP contribution is 2.30. The number of aryl methyl sites for hydroxylation is 1. The first-order valence-corrected chi connectivity index (χ1v) is 8.20. The molecular weight excluding hydrogens is 382 g/mol. The fourth-order valence-corrected chi connectivity index (χ4v) is 3.31. The summed E-state index contributed by atoms with van der Waals surface area (Å²) in [5, 5.41) is 15.3. The topological polar surface area (TPSA) is 67.1 Å². The number of aliphatic hydroxyl groups is 1. The zero-order valence-corrected chi connectivity index (χ0v) is 14.8. The molecule has 0 aliphatic rings. The monoisotopic (exact) mass is 395 g/mol. The average Bonchev–Trinajstić information content (AvgIpc) is 2.82. The van der Waals surface area contributed by atoms with Crippen molar-refractivity contribution >= 4 is 44.4 Å². The zero-order chi connectivity index (χ0) is 16.4. The van der Waals surface area contributed by atoms with Gasteiger partial charge in [0.2, 0.25) is 0 Å². The van der Waals surface area contributed by atoms with Gasteiger partial charge in [0.05, 0.1) is 12.0 Å². The number of rotatable bonds is 5. The van der Waals surface area contributed by atoms with E-state index in [1.807, 2.05) is 36.2 Å². The van der Waals surface area contributed by atoms with Gasteiger partial charge in [-0.3, -0.25) is 0 Å². The summed E-state index contributed by atoms with van der Waals surface area (Å²) >= 11 is 9.52. The van der Waals surface area contributed by atoms with Gasteiger partial charge in [0.15, 0.2) is 5.65 Å². The van der Waals surface area contributed by atoms with Crippen LogP contribution in [0.2, 0.25) is 5.02 Å². The van der Waals surface area contributed by atoms with E-state index in [1.54, 1.807) is 4.68 Å². The molecule has 2 heterocycles. The minimum absolute atomic E-state index is 0.0178. The molecule has 1 N–H and O–H groups in total. The summed E-state index contributed by atoms with van der Waals surface area (Å²) in [5.74, 6) is 0.726. The maximum atomic E-state index is 9.43. The summed E-state index contributed by atoms with van der Waals surface area (Å²) < 4.78 is 2.38. The van der Waals surface area contributed by atoms with Crippen LogP contribution in [0.1, 0.15) is 5.56 Å². The van der Waals surface area contributed by atoms with Crippen molar-refractivity contribution in [3.63, 3.8) is 0 Å². The van der Waals surface area contributed by atoms with Gasteiger partial charge in [-0.25, -0.2) is 14.6 Å². The maximum Gasteiger partial charge on any atom is 0.164 e. The fraction of sp³-hybridized carbons (Fsp3) is 0.267. The highest BCUT2D eigenvalue weighted by Gasteiger charge is 2.18. The van der Waals surface area contributed by atoms with Gasteiger partial charge in [-0.2, -0.15) is 5.10 Å². The van der Waals surface area contributed by atoms with E-state index in [4.69, 9.17) is 11.6 Å². The molecule has 0 aliphatic heterocycles. The minimum atomic E-state index is 0.0178. The van der Waals surface area contributed by atoms with Crippen LogP contribution in [-0.2, 0) is 13.6 Å². The van der Waals surface area contributed by atoms with Gasteiger partial charge in [0, 0.05) is 25.2 Å². The second-order valence-electron chi connectivity index (χ2n) is 5.09. The smallest absolute Gasteiger partial charge is 0.164 e. The Morgan fingerprint density at radius 2 is 2.17 bits per heavy atom. The molecule has 3 aromatic rings. The van der Waals surface area contributed by atoms with Crippen LogP contribution in [0.5, 0.6) is 0 Å². The molecule has 120 valence electrons. The van der Waals surface area contributed by atoms with Gasteiger partial charge in [-0.15, -0.1) is 0 Å². The van der Waals surface area contributed by atoms with E-state index in [9.17, 15) is 5.11 Å². The number of aromatic nitrogens is 4. The Morgan fingerprint density at radius 3 is 2.91 bits per heavy atom. The molecule has 2 aromatic heterocycles. The number of anilines is 1. The number of benzene rings is 1. The third-order valence-electron chi connectivity index (χ3n) is 3.49. The van der Waals surface area contributed by atoms with Crippen LogP contribution < -0.4 is 4.90 Å². The summed E-state index contributed by atoms with van der Waals surface area (Å²) in [6, 6.07) is 7.64. The first-order chi connectivity index (χ1) is 11.1. The standard InChI is InChI=1S/C15H15BrClN5O/c1-21-14-12(13(16)20-21)15(19-9-18-14)22(5-6-23)8-10-3-2-4-11(17)7-10/h2-4,7,9,23H,5-6,8H2,1H3. The molecule has 0 radical (unpaired) electrons. The van der Waals surface area contributed by atoms with E-state index in [2.05, 4.69) is 31.0 Å². The molecule has 0 saturated carbocycles. The van der Waals surface area contributed by atoms with Crippen LogP contribution in [0.3, 0.4) is 0 Å². The Balaban J connectivity index is 2.04. The minimum Gasteiger partial charge on any atom is -0.395 e. The van der Waals surface area contributed by atoms with Gasteiger partial charge in [0.1, 0.15) is 16.7 Å². The van der Waals surface area contributed by atoms with E-state index < -0.39 is 0 Å². The van der Waals surface area contributed by atoms with Gasteiger partial charge in [-0.1, -0.05) is 23.7 Å². The van der Waals surface area contributed by atoms with Crippen LogP contribution >= 0.6 is 27.5 Å². The Bertz CT molecular complexity index is 838.